The molecule has 0 atom stereocenters. The largest absolute Gasteiger partial charge is 0.352 e. The third kappa shape index (κ3) is 4.29. The lowest BCUT2D eigenvalue weighted by Gasteiger charge is -2.11. The van der Waals surface area contributed by atoms with Gasteiger partial charge in [0, 0.05) is 30.8 Å². The molecule has 8 heteroatoms. The number of hydrogen-bond acceptors (Lipinski definition) is 5. The Kier molecular flexibility index (Phi) is 6.23. The molecule has 0 bridgehead atoms. The fraction of sp³-hybridized carbons (Fsp3) is 0.250. The molecule has 2 aromatic heterocycles. The van der Waals surface area contributed by atoms with Crippen molar-refractivity contribution in [3.63, 3.8) is 0 Å². The number of hydrogen-bond donors (Lipinski definition) is 3. The van der Waals surface area contributed by atoms with Crippen LogP contribution in [0.5, 0.6) is 0 Å². The van der Waals surface area contributed by atoms with E-state index >= 15 is 0 Å². The van der Waals surface area contributed by atoms with Crippen molar-refractivity contribution < 1.29 is 9.59 Å². The second kappa shape index (κ2) is 8.81. The first-order valence-corrected chi connectivity index (χ1v) is 9.86. The van der Waals surface area contributed by atoms with Crippen molar-refractivity contribution in [3.05, 3.63) is 58.5 Å². The molecule has 7 nitrogen and oxygen atoms in total. The summed E-state index contributed by atoms with van der Waals surface area (Å²) in [5.74, 6) is -0.0449. The van der Waals surface area contributed by atoms with Gasteiger partial charge in [-0.25, -0.2) is 0 Å². The van der Waals surface area contributed by atoms with Gasteiger partial charge in [-0.3, -0.25) is 14.3 Å². The minimum atomic E-state index is -0.301. The van der Waals surface area contributed by atoms with Crippen molar-refractivity contribution in [2.45, 2.75) is 13.3 Å². The number of anilines is 1. The minimum Gasteiger partial charge on any atom is -0.352 e. The van der Waals surface area contributed by atoms with Gasteiger partial charge in [-0.15, -0.1) is 11.3 Å². The lowest BCUT2D eigenvalue weighted by Crippen LogP contribution is -2.27. The molecule has 0 radical (unpaired) electrons. The molecule has 3 aromatic rings. The second-order valence-corrected chi connectivity index (χ2v) is 7.29. The Morgan fingerprint density at radius 3 is 2.61 bits per heavy atom. The van der Waals surface area contributed by atoms with Crippen LogP contribution in [-0.2, 0) is 7.05 Å². The van der Waals surface area contributed by atoms with Crippen LogP contribution in [0.25, 0.3) is 10.6 Å². The predicted octanol–water partition coefficient (Wildman–Crippen LogP) is 2.79. The third-order valence-electron chi connectivity index (χ3n) is 4.38. The van der Waals surface area contributed by atoms with Crippen molar-refractivity contribution in [2.24, 2.45) is 12.8 Å². The lowest BCUT2D eigenvalue weighted by molar-refractivity contribution is 0.0953. The molecule has 0 aliphatic carbocycles. The summed E-state index contributed by atoms with van der Waals surface area (Å²) in [4.78, 5) is 26.2. The Balaban J connectivity index is 1.77. The van der Waals surface area contributed by atoms with E-state index in [-0.39, 0.29) is 11.8 Å². The number of amides is 2. The lowest BCUT2D eigenvalue weighted by atomic mass is 10.0. The molecular formula is C20H23N5O2S. The third-order valence-corrected chi connectivity index (χ3v) is 5.28. The summed E-state index contributed by atoms with van der Waals surface area (Å²) in [6, 6.07) is 10.9. The van der Waals surface area contributed by atoms with Crippen molar-refractivity contribution >= 4 is 29.0 Å². The van der Waals surface area contributed by atoms with Gasteiger partial charge in [0.25, 0.3) is 11.8 Å². The summed E-state index contributed by atoms with van der Waals surface area (Å²) in [5, 5.41) is 12.0. The molecule has 0 spiro atoms. The molecule has 0 aliphatic rings. The molecule has 2 amide bonds. The van der Waals surface area contributed by atoms with Crippen LogP contribution in [0.3, 0.4) is 0 Å². The Morgan fingerprint density at radius 1 is 1.18 bits per heavy atom. The average molecular weight is 398 g/mol. The number of rotatable bonds is 7. The zero-order chi connectivity index (χ0) is 20.1. The van der Waals surface area contributed by atoms with E-state index in [1.807, 2.05) is 30.6 Å². The molecular weight excluding hydrogens is 374 g/mol. The van der Waals surface area contributed by atoms with Crippen LogP contribution in [-0.4, -0.2) is 34.7 Å². The van der Waals surface area contributed by atoms with Crippen LogP contribution < -0.4 is 16.4 Å². The Morgan fingerprint density at radius 2 is 1.93 bits per heavy atom. The number of nitrogens with two attached hydrogens (primary N) is 1. The molecule has 0 fully saturated rings. The standard InChI is InChI=1S/C20H23N5O2S/c1-13-14(19(26)22-10-5-9-21)6-3-7-15(13)20(27)23-18-12-16(25(2)24-18)17-8-4-11-28-17/h3-4,6-8,11-12H,5,9-10,21H2,1-2H3,(H,22,26)(H,23,24,27). The molecule has 0 aliphatic heterocycles. The molecule has 28 heavy (non-hydrogen) atoms. The number of nitrogens with one attached hydrogen (secondary N) is 2. The van der Waals surface area contributed by atoms with Crippen LogP contribution in [0.1, 0.15) is 32.7 Å². The van der Waals surface area contributed by atoms with E-state index < -0.39 is 0 Å². The highest BCUT2D eigenvalue weighted by Gasteiger charge is 2.17. The van der Waals surface area contributed by atoms with Crippen LogP contribution in [0.15, 0.2) is 41.8 Å². The fourth-order valence-electron chi connectivity index (χ4n) is 2.89. The molecule has 4 N–H and O–H groups in total. The van der Waals surface area contributed by atoms with E-state index in [0.29, 0.717) is 42.0 Å². The summed E-state index contributed by atoms with van der Waals surface area (Å²) in [6.07, 6.45) is 0.706. The number of thiophene rings is 1. The molecule has 0 unspecified atom stereocenters. The highest BCUT2D eigenvalue weighted by atomic mass is 32.1. The minimum absolute atomic E-state index is 0.210. The van der Waals surface area contributed by atoms with E-state index in [1.165, 1.54) is 0 Å². The van der Waals surface area contributed by atoms with Gasteiger partial charge in [0.15, 0.2) is 5.82 Å². The van der Waals surface area contributed by atoms with Crippen LogP contribution in [0.4, 0.5) is 5.82 Å². The zero-order valence-corrected chi connectivity index (χ0v) is 16.7. The first-order chi connectivity index (χ1) is 13.5. The molecule has 0 saturated heterocycles. The Bertz CT molecular complexity index is 979. The highest BCUT2D eigenvalue weighted by molar-refractivity contribution is 7.13. The summed E-state index contributed by atoms with van der Waals surface area (Å²) >= 11 is 1.61. The first kappa shape index (κ1) is 19.8. The van der Waals surface area contributed by atoms with Crippen molar-refractivity contribution in [1.82, 2.24) is 15.1 Å². The van der Waals surface area contributed by atoms with Gasteiger partial charge in [0.1, 0.15) is 0 Å². The van der Waals surface area contributed by atoms with Crippen LogP contribution in [0, 0.1) is 6.92 Å². The van der Waals surface area contributed by atoms with Crippen molar-refractivity contribution in [1.29, 1.82) is 0 Å². The molecule has 1 aromatic carbocycles. The van der Waals surface area contributed by atoms with Gasteiger partial charge in [-0.1, -0.05) is 12.1 Å². The number of benzene rings is 1. The van der Waals surface area contributed by atoms with Crippen LogP contribution in [0.2, 0.25) is 0 Å². The first-order valence-electron chi connectivity index (χ1n) is 8.98. The quantitative estimate of drug-likeness (QED) is 0.534. The number of nitrogens with zero attached hydrogens (tertiary/aromatic N) is 2. The highest BCUT2D eigenvalue weighted by Crippen LogP contribution is 2.26. The fourth-order valence-corrected chi connectivity index (χ4v) is 3.67. The number of carbonyl (C=O) groups is 2. The monoisotopic (exact) mass is 397 g/mol. The summed E-state index contributed by atoms with van der Waals surface area (Å²) in [7, 11) is 1.84. The van der Waals surface area contributed by atoms with Gasteiger partial charge in [-0.2, -0.15) is 5.10 Å². The van der Waals surface area contributed by atoms with E-state index in [4.69, 9.17) is 5.73 Å². The summed E-state index contributed by atoms with van der Waals surface area (Å²) < 4.78 is 1.73. The molecule has 2 heterocycles. The van der Waals surface area contributed by atoms with Crippen molar-refractivity contribution in [2.75, 3.05) is 18.4 Å². The topological polar surface area (TPSA) is 102 Å². The smallest absolute Gasteiger partial charge is 0.257 e. The SMILES string of the molecule is Cc1c(C(=O)NCCCN)cccc1C(=O)Nc1cc(-c2cccs2)n(C)n1. The maximum Gasteiger partial charge on any atom is 0.257 e. The number of aromatic nitrogens is 2. The zero-order valence-electron chi connectivity index (χ0n) is 15.9. The second-order valence-electron chi connectivity index (χ2n) is 6.35. The van der Waals surface area contributed by atoms with Crippen LogP contribution >= 0.6 is 11.3 Å². The van der Waals surface area contributed by atoms with Gasteiger partial charge >= 0.3 is 0 Å². The Labute approximate surface area is 167 Å². The maximum absolute atomic E-state index is 12.8. The summed E-state index contributed by atoms with van der Waals surface area (Å²) in [6.45, 7) is 2.78. The average Bonchev–Trinajstić information content (AvgIpc) is 3.31. The van der Waals surface area contributed by atoms with Gasteiger partial charge < -0.3 is 16.4 Å². The number of aryl methyl sites for hydroxylation is 1. The van der Waals surface area contributed by atoms with E-state index in [0.717, 1.165) is 10.6 Å². The van der Waals surface area contributed by atoms with Gasteiger partial charge in [0.05, 0.1) is 10.6 Å². The van der Waals surface area contributed by atoms with E-state index in [9.17, 15) is 9.59 Å². The normalized spacial score (nSPS) is 10.7. The molecule has 146 valence electrons. The van der Waals surface area contributed by atoms with Gasteiger partial charge in [0.2, 0.25) is 0 Å². The molecule has 3 rings (SSSR count). The van der Waals surface area contributed by atoms with E-state index in [2.05, 4.69) is 15.7 Å². The summed E-state index contributed by atoms with van der Waals surface area (Å²) in [5.41, 5.74) is 7.92. The predicted molar refractivity (Wildman–Crippen MR) is 112 cm³/mol. The van der Waals surface area contributed by atoms with Gasteiger partial charge in [-0.05, 0) is 49.0 Å². The Hall–Kier alpha value is -2.97. The van der Waals surface area contributed by atoms with E-state index in [1.54, 1.807) is 41.1 Å². The van der Waals surface area contributed by atoms with Crippen molar-refractivity contribution in [3.8, 4) is 10.6 Å². The maximum atomic E-state index is 12.8. The number of carbonyl (C=O) groups excluding carboxylic acids is 2. The molecule has 0 saturated carbocycles.